The monoisotopic (exact) mass is 364 g/mol. The van der Waals surface area contributed by atoms with Crippen molar-refractivity contribution >= 4 is 12.0 Å². The van der Waals surface area contributed by atoms with Gasteiger partial charge in [-0.1, -0.05) is 42.5 Å². The molecule has 2 aromatic carbocycles. The van der Waals surface area contributed by atoms with Crippen LogP contribution in [0.25, 0.3) is 0 Å². The predicted octanol–water partition coefficient (Wildman–Crippen LogP) is 3.64. The van der Waals surface area contributed by atoms with Gasteiger partial charge in [0.25, 0.3) is 5.91 Å². The van der Waals surface area contributed by atoms with Crippen molar-refractivity contribution < 1.29 is 14.3 Å². The normalized spacial score (nSPS) is 21.7. The van der Waals surface area contributed by atoms with Gasteiger partial charge in [-0.15, -0.1) is 0 Å². The van der Waals surface area contributed by atoms with Crippen molar-refractivity contribution in [1.82, 2.24) is 5.32 Å². The molecule has 2 aromatic rings. The summed E-state index contributed by atoms with van der Waals surface area (Å²) in [6, 6.07) is 17.5. The number of nitrogens with one attached hydrogen (secondary N) is 1. The molecule has 0 heterocycles. The van der Waals surface area contributed by atoms with Crippen LogP contribution in [0, 0.1) is 0 Å². The lowest BCUT2D eigenvalue weighted by molar-refractivity contribution is 0.0932. The Kier molecular flexibility index (Phi) is 6.05. The number of hydrogen-bond donors (Lipinski definition) is 1. The van der Waals surface area contributed by atoms with Crippen molar-refractivity contribution in [2.24, 2.45) is 4.99 Å². The minimum atomic E-state index is -0.159. The second-order valence-corrected chi connectivity index (χ2v) is 6.98. The largest absolute Gasteiger partial charge is 0.496 e. The molecule has 0 saturated heterocycles. The lowest BCUT2D eigenvalue weighted by Gasteiger charge is -2.39. The zero-order valence-corrected chi connectivity index (χ0v) is 15.5. The van der Waals surface area contributed by atoms with Gasteiger partial charge in [0.15, 0.2) is 0 Å². The first kappa shape index (κ1) is 18.9. The molecule has 1 N–H and O–H groups in total. The highest BCUT2D eigenvalue weighted by Crippen LogP contribution is 2.40. The second-order valence-electron chi connectivity index (χ2n) is 6.98. The van der Waals surface area contributed by atoms with Crippen molar-refractivity contribution in [3.63, 3.8) is 0 Å². The molecule has 0 aromatic heterocycles. The van der Waals surface area contributed by atoms with E-state index in [4.69, 9.17) is 4.74 Å². The van der Waals surface area contributed by atoms with Gasteiger partial charge < -0.3 is 10.1 Å². The van der Waals surface area contributed by atoms with Crippen molar-refractivity contribution in [2.75, 3.05) is 13.7 Å². The highest BCUT2D eigenvalue weighted by molar-refractivity contribution is 5.96. The maximum absolute atomic E-state index is 12.7. The Balaban J connectivity index is 1.79. The number of amides is 1. The Bertz CT molecular complexity index is 820. The standard InChI is InChI=1S/C22H24N2O3/c1-27-20-10-6-5-9-19(20)21(26)23-15-22(17-7-3-2-4-8-17)13-11-18(12-14-22)24-16-25/h2-10,18H,11-15H2,1H3,(H,23,26). The molecule has 0 unspecified atom stereocenters. The van der Waals surface area contributed by atoms with E-state index in [0.717, 1.165) is 25.7 Å². The molecule has 0 atom stereocenters. The highest BCUT2D eigenvalue weighted by atomic mass is 16.5. The third-order valence-electron chi connectivity index (χ3n) is 5.47. The molecule has 5 heteroatoms. The van der Waals surface area contributed by atoms with Crippen LogP contribution in [0.3, 0.4) is 0 Å². The van der Waals surface area contributed by atoms with E-state index in [-0.39, 0.29) is 17.4 Å². The van der Waals surface area contributed by atoms with Gasteiger partial charge in [-0.3, -0.25) is 4.79 Å². The highest BCUT2D eigenvalue weighted by Gasteiger charge is 2.37. The third kappa shape index (κ3) is 4.26. The number of benzene rings is 2. The molecule has 1 aliphatic carbocycles. The topological polar surface area (TPSA) is 67.8 Å². The molecular formula is C22H24N2O3. The average Bonchev–Trinajstić information content (AvgIpc) is 2.74. The number of rotatable bonds is 6. The van der Waals surface area contributed by atoms with Gasteiger partial charge >= 0.3 is 0 Å². The number of aliphatic imine (C=N–C) groups is 1. The van der Waals surface area contributed by atoms with Crippen LogP contribution in [0.15, 0.2) is 59.6 Å². The van der Waals surface area contributed by atoms with Crippen molar-refractivity contribution in [3.05, 3.63) is 65.7 Å². The molecule has 27 heavy (non-hydrogen) atoms. The molecule has 1 saturated carbocycles. The van der Waals surface area contributed by atoms with Crippen molar-refractivity contribution in [2.45, 2.75) is 37.1 Å². The van der Waals surface area contributed by atoms with Crippen LogP contribution in [0.4, 0.5) is 0 Å². The fourth-order valence-electron chi connectivity index (χ4n) is 3.89. The van der Waals surface area contributed by atoms with E-state index in [1.54, 1.807) is 25.3 Å². The van der Waals surface area contributed by atoms with Crippen molar-refractivity contribution in [3.8, 4) is 5.75 Å². The first-order valence-electron chi connectivity index (χ1n) is 9.22. The Morgan fingerprint density at radius 3 is 2.48 bits per heavy atom. The van der Waals surface area contributed by atoms with Crippen LogP contribution in [0.2, 0.25) is 0 Å². The lowest BCUT2D eigenvalue weighted by atomic mass is 9.68. The molecule has 0 aliphatic heterocycles. The van der Waals surface area contributed by atoms with Crippen molar-refractivity contribution in [1.29, 1.82) is 0 Å². The SMILES string of the molecule is COc1ccccc1C(=O)NCC1(c2ccccc2)CCC(N=C=O)CC1. The summed E-state index contributed by atoms with van der Waals surface area (Å²) >= 11 is 0. The number of carbonyl (C=O) groups is 1. The first-order chi connectivity index (χ1) is 13.2. The maximum atomic E-state index is 12.7. The van der Waals surface area contributed by atoms with E-state index in [2.05, 4.69) is 22.4 Å². The van der Waals surface area contributed by atoms with Gasteiger partial charge in [0.2, 0.25) is 6.08 Å². The average molecular weight is 364 g/mol. The molecule has 3 rings (SSSR count). The van der Waals surface area contributed by atoms with Gasteiger partial charge in [-0.05, 0) is 43.4 Å². The van der Waals surface area contributed by atoms with Gasteiger partial charge in [0, 0.05) is 12.0 Å². The molecule has 5 nitrogen and oxygen atoms in total. The number of ether oxygens (including phenoxy) is 1. The Labute approximate surface area is 159 Å². The van der Waals surface area contributed by atoms with Gasteiger partial charge in [-0.2, -0.15) is 0 Å². The molecule has 0 radical (unpaired) electrons. The van der Waals surface area contributed by atoms with Gasteiger partial charge in [0.05, 0.1) is 18.7 Å². The lowest BCUT2D eigenvalue weighted by Crippen LogP contribution is -2.44. The fraction of sp³-hybridized carbons (Fsp3) is 0.364. The Morgan fingerprint density at radius 1 is 1.15 bits per heavy atom. The zero-order valence-electron chi connectivity index (χ0n) is 15.5. The number of carbonyl (C=O) groups excluding carboxylic acids is 2. The number of isocyanates is 1. The zero-order chi connectivity index (χ0) is 19.1. The van der Waals surface area contributed by atoms with E-state index < -0.39 is 0 Å². The summed E-state index contributed by atoms with van der Waals surface area (Å²) in [5, 5.41) is 3.10. The molecular weight excluding hydrogens is 340 g/mol. The fourth-order valence-corrected chi connectivity index (χ4v) is 3.89. The summed E-state index contributed by atoms with van der Waals surface area (Å²) in [6.45, 7) is 0.533. The van der Waals surface area contributed by atoms with Crippen LogP contribution in [0.5, 0.6) is 5.75 Å². The summed E-state index contributed by atoms with van der Waals surface area (Å²) < 4.78 is 5.30. The molecule has 140 valence electrons. The first-order valence-corrected chi connectivity index (χ1v) is 9.22. The van der Waals surface area contributed by atoms with E-state index in [1.165, 1.54) is 5.56 Å². The molecule has 1 amide bonds. The number of methoxy groups -OCH3 is 1. The minimum Gasteiger partial charge on any atom is -0.496 e. The quantitative estimate of drug-likeness (QED) is 0.628. The number of hydrogen-bond acceptors (Lipinski definition) is 4. The predicted molar refractivity (Wildman–Crippen MR) is 104 cm³/mol. The van der Waals surface area contributed by atoms with E-state index in [0.29, 0.717) is 17.9 Å². The summed E-state index contributed by atoms with van der Waals surface area (Å²) in [6.07, 6.45) is 5.03. The Hall–Kier alpha value is -2.91. The van der Waals surface area contributed by atoms with Crippen LogP contribution in [-0.2, 0) is 10.2 Å². The van der Waals surface area contributed by atoms with Crippen LogP contribution < -0.4 is 10.1 Å². The second kappa shape index (κ2) is 8.65. The van der Waals surface area contributed by atoms with Gasteiger partial charge in [-0.25, -0.2) is 9.79 Å². The van der Waals surface area contributed by atoms with Crippen LogP contribution in [-0.4, -0.2) is 31.7 Å². The Morgan fingerprint density at radius 2 is 1.81 bits per heavy atom. The maximum Gasteiger partial charge on any atom is 0.255 e. The smallest absolute Gasteiger partial charge is 0.255 e. The third-order valence-corrected chi connectivity index (χ3v) is 5.47. The molecule has 0 bridgehead atoms. The van der Waals surface area contributed by atoms with Crippen LogP contribution in [0.1, 0.15) is 41.6 Å². The van der Waals surface area contributed by atoms with Crippen LogP contribution >= 0.6 is 0 Å². The minimum absolute atomic E-state index is 0.0317. The van der Waals surface area contributed by atoms with E-state index in [9.17, 15) is 9.59 Å². The summed E-state index contributed by atoms with van der Waals surface area (Å²) in [4.78, 5) is 27.2. The summed E-state index contributed by atoms with van der Waals surface area (Å²) in [5.41, 5.74) is 1.58. The summed E-state index contributed by atoms with van der Waals surface area (Å²) in [5.74, 6) is 0.420. The number of para-hydroxylation sites is 1. The number of nitrogens with zero attached hydrogens (tertiary/aromatic N) is 1. The van der Waals surface area contributed by atoms with E-state index >= 15 is 0 Å². The molecule has 0 spiro atoms. The molecule has 1 aliphatic rings. The molecule has 1 fully saturated rings. The van der Waals surface area contributed by atoms with Gasteiger partial charge in [0.1, 0.15) is 5.75 Å². The van der Waals surface area contributed by atoms with E-state index in [1.807, 2.05) is 30.3 Å². The summed E-state index contributed by atoms with van der Waals surface area (Å²) in [7, 11) is 1.56.